The number of carboxylic acid groups (broad SMARTS) is 1. The Labute approximate surface area is 258 Å². The van der Waals surface area contributed by atoms with Crippen LogP contribution in [0.3, 0.4) is 0 Å². The number of rotatable bonds is 9. The average Bonchev–Trinajstić information content (AvgIpc) is 2.91. The summed E-state index contributed by atoms with van der Waals surface area (Å²) in [5.41, 5.74) is 7.00. The molecule has 232 valence electrons. The molecule has 1 N–H and O–H groups in total. The van der Waals surface area contributed by atoms with Crippen LogP contribution in [-0.4, -0.2) is 41.4 Å². The highest BCUT2D eigenvalue weighted by Gasteiger charge is 2.36. The predicted octanol–water partition coefficient (Wildman–Crippen LogP) is 8.60. The van der Waals surface area contributed by atoms with Crippen LogP contribution in [0, 0.1) is 26.2 Å². The normalized spacial score (nSPS) is 16.2. The lowest BCUT2D eigenvalue weighted by Crippen LogP contribution is -2.39. The molecule has 4 rings (SSSR count). The number of hydrogen-bond acceptors (Lipinski definition) is 5. The Morgan fingerprint density at radius 1 is 0.930 bits per heavy atom. The van der Waals surface area contributed by atoms with Gasteiger partial charge in [-0.2, -0.15) is 0 Å². The molecule has 0 amide bonds. The number of hydrogen-bond donors (Lipinski definition) is 1. The van der Waals surface area contributed by atoms with Crippen molar-refractivity contribution in [3.8, 4) is 16.9 Å². The minimum atomic E-state index is -1.14. The van der Waals surface area contributed by atoms with Crippen molar-refractivity contribution < 1.29 is 19.4 Å². The summed E-state index contributed by atoms with van der Waals surface area (Å²) in [5.74, 6) is -0.212. The van der Waals surface area contributed by atoms with Crippen molar-refractivity contribution in [1.29, 1.82) is 0 Å². The summed E-state index contributed by atoms with van der Waals surface area (Å²) in [6.07, 6.45) is 0.907. The zero-order chi connectivity index (χ0) is 31.7. The van der Waals surface area contributed by atoms with Crippen molar-refractivity contribution >= 4 is 11.7 Å². The number of carbonyl (C=O) groups is 1. The summed E-state index contributed by atoms with van der Waals surface area (Å²) >= 11 is 0. The van der Waals surface area contributed by atoms with Crippen molar-refractivity contribution in [2.24, 2.45) is 5.41 Å². The lowest BCUT2D eigenvalue weighted by Gasteiger charge is -2.41. The average molecular weight is 587 g/mol. The molecule has 6 nitrogen and oxygen atoms in total. The number of carboxylic acids is 1. The quantitative estimate of drug-likeness (QED) is 0.271. The molecule has 2 aromatic carbocycles. The molecule has 1 aromatic heterocycles. The van der Waals surface area contributed by atoms with Crippen LogP contribution in [-0.2, 0) is 14.9 Å². The molecular weight excluding hydrogens is 536 g/mol. The Kier molecular flexibility index (Phi) is 9.32. The summed E-state index contributed by atoms with van der Waals surface area (Å²) in [4.78, 5) is 20.0. The second-order valence-electron chi connectivity index (χ2n) is 14.6. The maximum absolute atomic E-state index is 12.7. The number of anilines is 1. The highest BCUT2D eigenvalue weighted by atomic mass is 16.5. The Morgan fingerprint density at radius 2 is 1.51 bits per heavy atom. The monoisotopic (exact) mass is 586 g/mol. The van der Waals surface area contributed by atoms with E-state index in [1.54, 1.807) is 0 Å². The summed E-state index contributed by atoms with van der Waals surface area (Å²) in [7, 11) is 0. The number of aliphatic carboxylic acids is 1. The van der Waals surface area contributed by atoms with Crippen LogP contribution in [0.5, 0.6) is 5.75 Å². The molecular formula is C37H50N2O4. The number of aromatic nitrogens is 1. The first-order valence-corrected chi connectivity index (χ1v) is 15.4. The second-order valence-corrected chi connectivity index (χ2v) is 14.6. The molecule has 0 unspecified atom stereocenters. The van der Waals surface area contributed by atoms with E-state index in [2.05, 4.69) is 75.9 Å². The van der Waals surface area contributed by atoms with E-state index >= 15 is 0 Å². The van der Waals surface area contributed by atoms with Crippen LogP contribution in [0.25, 0.3) is 11.1 Å². The van der Waals surface area contributed by atoms with Gasteiger partial charge in [0.05, 0.1) is 17.9 Å². The molecule has 3 aromatic rings. The Morgan fingerprint density at radius 3 is 2.05 bits per heavy atom. The van der Waals surface area contributed by atoms with Gasteiger partial charge in [0.1, 0.15) is 5.75 Å². The molecule has 1 atom stereocenters. The number of nitrogens with zero attached hydrogens (tertiary/aromatic N) is 2. The number of benzene rings is 2. The summed E-state index contributed by atoms with van der Waals surface area (Å²) in [6, 6.07) is 16.8. The molecule has 1 aliphatic heterocycles. The fourth-order valence-electron chi connectivity index (χ4n) is 5.82. The van der Waals surface area contributed by atoms with Gasteiger partial charge in [-0.25, -0.2) is 4.79 Å². The van der Waals surface area contributed by atoms with Gasteiger partial charge in [0.2, 0.25) is 0 Å². The van der Waals surface area contributed by atoms with Gasteiger partial charge >= 0.3 is 5.97 Å². The smallest absolute Gasteiger partial charge is 0.337 e. The Bertz CT molecular complexity index is 1420. The Hall–Kier alpha value is -3.38. The number of pyridine rings is 1. The maximum Gasteiger partial charge on any atom is 0.337 e. The largest absolute Gasteiger partial charge is 0.493 e. The predicted molar refractivity (Wildman–Crippen MR) is 175 cm³/mol. The molecule has 0 aliphatic carbocycles. The maximum atomic E-state index is 12.7. The Balaban J connectivity index is 1.74. The van der Waals surface area contributed by atoms with Crippen LogP contribution < -0.4 is 9.64 Å². The minimum absolute atomic E-state index is 0.146. The molecule has 0 spiro atoms. The summed E-state index contributed by atoms with van der Waals surface area (Å²) < 4.78 is 12.5. The van der Waals surface area contributed by atoms with Crippen molar-refractivity contribution in [3.05, 3.63) is 76.6 Å². The first-order valence-electron chi connectivity index (χ1n) is 15.4. The van der Waals surface area contributed by atoms with E-state index in [9.17, 15) is 9.90 Å². The van der Waals surface area contributed by atoms with Crippen LogP contribution in [0.15, 0.2) is 48.5 Å². The molecule has 0 radical (unpaired) electrons. The molecule has 43 heavy (non-hydrogen) atoms. The van der Waals surface area contributed by atoms with E-state index in [0.717, 1.165) is 54.2 Å². The molecule has 2 heterocycles. The topological polar surface area (TPSA) is 71.9 Å². The molecule has 1 fully saturated rings. The summed E-state index contributed by atoms with van der Waals surface area (Å²) in [5, 5.41) is 10.4. The van der Waals surface area contributed by atoms with E-state index in [0.29, 0.717) is 17.9 Å². The molecule has 0 bridgehead atoms. The van der Waals surface area contributed by atoms with E-state index in [1.807, 2.05) is 46.8 Å². The first kappa shape index (κ1) is 32.5. The van der Waals surface area contributed by atoms with Gasteiger partial charge in [0.15, 0.2) is 6.10 Å². The third-order valence-electron chi connectivity index (χ3n) is 8.55. The molecule has 1 aliphatic rings. The number of piperidine rings is 1. The van der Waals surface area contributed by atoms with E-state index in [1.165, 1.54) is 11.1 Å². The SMILES string of the molecule is Cc1ccc(C(C)(C)COc2ccc(-c3c(C)nc(C)c([C@H](OC(C)(C)C)C(=O)O)c3N3CCC(C)(C)CC3)cc2)cc1. The highest BCUT2D eigenvalue weighted by molar-refractivity contribution is 5.88. The van der Waals surface area contributed by atoms with Crippen molar-refractivity contribution in [1.82, 2.24) is 4.98 Å². The minimum Gasteiger partial charge on any atom is -0.493 e. The third kappa shape index (κ3) is 7.77. The standard InChI is InChI=1S/C37H50N2O4/c1-24-11-15-28(16-12-24)37(9,10)23-42-29-17-13-27(14-18-29)30-25(2)38-26(3)31(33(34(40)41)43-35(4,5)6)32(30)39-21-19-36(7,8)20-22-39/h11-18,33H,19-23H2,1-10H3,(H,40,41)/t33-/m0/s1. The van der Waals surface area contributed by atoms with Crippen molar-refractivity contribution in [2.75, 3.05) is 24.6 Å². The second kappa shape index (κ2) is 12.3. The molecule has 6 heteroatoms. The van der Waals surface area contributed by atoms with Gasteiger partial charge < -0.3 is 19.5 Å². The van der Waals surface area contributed by atoms with Gasteiger partial charge in [0.25, 0.3) is 0 Å². The fourth-order valence-corrected chi connectivity index (χ4v) is 5.82. The lowest BCUT2D eigenvalue weighted by atomic mass is 9.82. The molecule has 0 saturated carbocycles. The van der Waals surface area contributed by atoms with Crippen LogP contribution in [0.2, 0.25) is 0 Å². The van der Waals surface area contributed by atoms with Crippen LogP contribution in [0.4, 0.5) is 5.69 Å². The van der Waals surface area contributed by atoms with Gasteiger partial charge in [0, 0.05) is 41.0 Å². The molecule has 1 saturated heterocycles. The lowest BCUT2D eigenvalue weighted by molar-refractivity contribution is -0.160. The third-order valence-corrected chi connectivity index (χ3v) is 8.55. The van der Waals surface area contributed by atoms with Gasteiger partial charge in [-0.05, 0) is 83.1 Å². The highest BCUT2D eigenvalue weighted by Crippen LogP contribution is 2.45. The van der Waals surface area contributed by atoms with Crippen LogP contribution in [0.1, 0.15) is 95.5 Å². The number of ether oxygens (including phenoxy) is 2. The van der Waals surface area contributed by atoms with Crippen molar-refractivity contribution in [3.63, 3.8) is 0 Å². The first-order chi connectivity index (χ1) is 20.0. The van der Waals surface area contributed by atoms with Crippen molar-refractivity contribution in [2.45, 2.75) is 99.2 Å². The van der Waals surface area contributed by atoms with Gasteiger partial charge in [-0.1, -0.05) is 69.7 Å². The van der Waals surface area contributed by atoms with E-state index < -0.39 is 17.7 Å². The van der Waals surface area contributed by atoms with Crippen LogP contribution >= 0.6 is 0 Å². The van der Waals surface area contributed by atoms with Gasteiger partial charge in [-0.3, -0.25) is 4.98 Å². The fraction of sp³-hybridized carbons (Fsp3) is 0.514. The zero-order valence-corrected chi connectivity index (χ0v) is 27.8. The zero-order valence-electron chi connectivity index (χ0n) is 27.8. The van der Waals surface area contributed by atoms with E-state index in [4.69, 9.17) is 14.5 Å². The summed E-state index contributed by atoms with van der Waals surface area (Å²) in [6.45, 7) is 22.9. The van der Waals surface area contributed by atoms with Gasteiger partial charge in [-0.15, -0.1) is 0 Å². The van der Waals surface area contributed by atoms with E-state index in [-0.39, 0.29) is 10.8 Å². The number of aryl methyl sites for hydroxylation is 3.